The van der Waals surface area contributed by atoms with Gasteiger partial charge in [-0.05, 0) is 48.9 Å². The molecule has 0 aromatic heterocycles. The molecule has 0 saturated heterocycles. The molecule has 2 aromatic rings. The molecule has 6 heteroatoms. The number of aromatic carboxylic acids is 1. The van der Waals surface area contributed by atoms with Crippen molar-refractivity contribution in [3.05, 3.63) is 65.0 Å². The third kappa shape index (κ3) is 4.49. The van der Waals surface area contributed by atoms with Gasteiger partial charge in [0.25, 0.3) is 0 Å². The minimum atomic E-state index is -1.09. The minimum Gasteiger partial charge on any atom is -0.478 e. The number of nitrogens with one attached hydrogen (secondary N) is 1. The number of hydrogen-bond acceptors (Lipinski definition) is 3. The second kappa shape index (κ2) is 7.50. The quantitative estimate of drug-likeness (QED) is 0.795. The van der Waals surface area contributed by atoms with Crippen molar-refractivity contribution in [3.63, 3.8) is 0 Å². The first-order chi connectivity index (χ1) is 11.4. The summed E-state index contributed by atoms with van der Waals surface area (Å²) in [5, 5.41) is 11.6. The molecule has 0 saturated carbocycles. The number of amides is 1. The zero-order chi connectivity index (χ0) is 17.7. The van der Waals surface area contributed by atoms with E-state index in [9.17, 15) is 18.8 Å². The fourth-order valence-corrected chi connectivity index (χ4v) is 2.11. The first-order valence-corrected chi connectivity index (χ1v) is 7.29. The Balaban J connectivity index is 1.96. The molecule has 0 aliphatic rings. The van der Waals surface area contributed by atoms with Crippen molar-refractivity contribution in [1.82, 2.24) is 0 Å². The maximum atomic E-state index is 12.8. The van der Waals surface area contributed by atoms with Crippen LogP contribution >= 0.6 is 0 Å². The van der Waals surface area contributed by atoms with E-state index in [4.69, 9.17) is 5.11 Å². The third-order valence-corrected chi connectivity index (χ3v) is 3.50. The largest absolute Gasteiger partial charge is 0.478 e. The van der Waals surface area contributed by atoms with E-state index in [1.807, 2.05) is 0 Å². The summed E-state index contributed by atoms with van der Waals surface area (Å²) in [5.74, 6) is -2.17. The number of Topliss-reactive ketones (excluding diaryl/α,β-unsaturated/α-hetero) is 1. The van der Waals surface area contributed by atoms with Crippen LogP contribution in [0, 0.1) is 12.7 Å². The number of benzene rings is 2. The van der Waals surface area contributed by atoms with Crippen molar-refractivity contribution in [2.24, 2.45) is 0 Å². The molecule has 2 rings (SSSR count). The van der Waals surface area contributed by atoms with Gasteiger partial charge < -0.3 is 10.4 Å². The molecular formula is C18H16FNO4. The number of carboxylic acid groups (broad SMARTS) is 1. The lowest BCUT2D eigenvalue weighted by Crippen LogP contribution is -2.14. The van der Waals surface area contributed by atoms with Gasteiger partial charge in [-0.25, -0.2) is 9.18 Å². The van der Waals surface area contributed by atoms with Crippen LogP contribution in [0.2, 0.25) is 0 Å². The standard InChI is InChI=1S/C18H16FNO4/c1-11-2-3-13(18(23)24)10-15(11)20-17(22)9-8-16(21)12-4-6-14(19)7-5-12/h2-7,10H,8-9H2,1H3,(H,20,22)(H,23,24). The van der Waals surface area contributed by atoms with Crippen LogP contribution in [0.5, 0.6) is 0 Å². The molecular weight excluding hydrogens is 313 g/mol. The van der Waals surface area contributed by atoms with E-state index in [0.717, 1.165) is 5.56 Å². The van der Waals surface area contributed by atoms with E-state index in [1.165, 1.54) is 36.4 Å². The lowest BCUT2D eigenvalue weighted by molar-refractivity contribution is -0.116. The Hall–Kier alpha value is -3.02. The molecule has 0 aliphatic carbocycles. The molecule has 0 radical (unpaired) electrons. The summed E-state index contributed by atoms with van der Waals surface area (Å²) in [6.45, 7) is 1.74. The highest BCUT2D eigenvalue weighted by Gasteiger charge is 2.12. The lowest BCUT2D eigenvalue weighted by atomic mass is 10.1. The number of hydrogen-bond donors (Lipinski definition) is 2. The van der Waals surface area contributed by atoms with Crippen molar-refractivity contribution in [3.8, 4) is 0 Å². The molecule has 124 valence electrons. The Labute approximate surface area is 138 Å². The topological polar surface area (TPSA) is 83.5 Å². The number of carbonyl (C=O) groups excluding carboxylic acids is 2. The lowest BCUT2D eigenvalue weighted by Gasteiger charge is -2.09. The van der Waals surface area contributed by atoms with E-state index in [-0.39, 0.29) is 24.2 Å². The average molecular weight is 329 g/mol. The van der Waals surface area contributed by atoms with Gasteiger partial charge in [0.2, 0.25) is 5.91 Å². The number of rotatable bonds is 6. The molecule has 5 nitrogen and oxygen atoms in total. The molecule has 2 N–H and O–H groups in total. The summed E-state index contributed by atoms with van der Waals surface area (Å²) >= 11 is 0. The zero-order valence-electron chi connectivity index (χ0n) is 13.0. The smallest absolute Gasteiger partial charge is 0.335 e. The van der Waals surface area contributed by atoms with Gasteiger partial charge in [-0.2, -0.15) is 0 Å². The molecule has 1 amide bonds. The van der Waals surface area contributed by atoms with E-state index < -0.39 is 17.7 Å². The van der Waals surface area contributed by atoms with Crippen LogP contribution in [0.25, 0.3) is 0 Å². The SMILES string of the molecule is Cc1ccc(C(=O)O)cc1NC(=O)CCC(=O)c1ccc(F)cc1. The van der Waals surface area contributed by atoms with Crippen molar-refractivity contribution in [2.45, 2.75) is 19.8 Å². The summed E-state index contributed by atoms with van der Waals surface area (Å²) in [6, 6.07) is 9.54. The first kappa shape index (κ1) is 17.3. The number of carboxylic acids is 1. The van der Waals surface area contributed by atoms with Crippen LogP contribution in [0.3, 0.4) is 0 Å². The van der Waals surface area contributed by atoms with Crippen molar-refractivity contribution < 1.29 is 23.9 Å². The molecule has 0 bridgehead atoms. The van der Waals surface area contributed by atoms with Gasteiger partial charge in [0.1, 0.15) is 5.82 Å². The van der Waals surface area contributed by atoms with Gasteiger partial charge in [-0.15, -0.1) is 0 Å². The number of aryl methyl sites for hydroxylation is 1. The summed E-state index contributed by atoms with van der Waals surface area (Å²) in [4.78, 5) is 34.9. The maximum Gasteiger partial charge on any atom is 0.335 e. The minimum absolute atomic E-state index is 0.0187. The monoisotopic (exact) mass is 329 g/mol. The predicted octanol–water partition coefficient (Wildman–Crippen LogP) is 3.43. The second-order valence-corrected chi connectivity index (χ2v) is 5.31. The normalized spacial score (nSPS) is 10.2. The summed E-state index contributed by atoms with van der Waals surface area (Å²) in [7, 11) is 0. The fraction of sp³-hybridized carbons (Fsp3) is 0.167. The number of anilines is 1. The number of ketones is 1. The van der Waals surface area contributed by atoms with Gasteiger partial charge in [-0.1, -0.05) is 6.07 Å². The number of carbonyl (C=O) groups is 3. The first-order valence-electron chi connectivity index (χ1n) is 7.29. The highest BCUT2D eigenvalue weighted by atomic mass is 19.1. The maximum absolute atomic E-state index is 12.8. The highest BCUT2D eigenvalue weighted by Crippen LogP contribution is 2.18. The van der Waals surface area contributed by atoms with Crippen LogP contribution in [-0.2, 0) is 4.79 Å². The molecule has 0 unspecified atom stereocenters. The molecule has 0 atom stereocenters. The number of halogens is 1. The van der Waals surface area contributed by atoms with Crippen LogP contribution in [0.15, 0.2) is 42.5 Å². The van der Waals surface area contributed by atoms with E-state index in [1.54, 1.807) is 13.0 Å². The van der Waals surface area contributed by atoms with Crippen LogP contribution < -0.4 is 5.32 Å². The van der Waals surface area contributed by atoms with Crippen molar-refractivity contribution >= 4 is 23.3 Å². The zero-order valence-corrected chi connectivity index (χ0v) is 13.0. The van der Waals surface area contributed by atoms with E-state index in [0.29, 0.717) is 11.3 Å². The Morgan fingerprint density at radius 1 is 1.00 bits per heavy atom. The molecule has 2 aromatic carbocycles. The fourth-order valence-electron chi connectivity index (χ4n) is 2.11. The molecule has 0 fully saturated rings. The molecule has 0 spiro atoms. The van der Waals surface area contributed by atoms with Gasteiger partial charge >= 0.3 is 5.97 Å². The van der Waals surface area contributed by atoms with Gasteiger partial charge in [-0.3, -0.25) is 9.59 Å². The summed E-state index contributed by atoms with van der Waals surface area (Å²) in [6.07, 6.45) is -0.0674. The van der Waals surface area contributed by atoms with Crippen molar-refractivity contribution in [2.75, 3.05) is 5.32 Å². The predicted molar refractivity (Wildman–Crippen MR) is 86.7 cm³/mol. The van der Waals surface area contributed by atoms with Crippen LogP contribution in [0.4, 0.5) is 10.1 Å². The third-order valence-electron chi connectivity index (χ3n) is 3.50. The second-order valence-electron chi connectivity index (χ2n) is 5.31. The molecule has 24 heavy (non-hydrogen) atoms. The van der Waals surface area contributed by atoms with Gasteiger partial charge in [0.15, 0.2) is 5.78 Å². The molecule has 0 heterocycles. The van der Waals surface area contributed by atoms with Crippen LogP contribution in [-0.4, -0.2) is 22.8 Å². The Morgan fingerprint density at radius 2 is 1.62 bits per heavy atom. The Morgan fingerprint density at radius 3 is 2.25 bits per heavy atom. The van der Waals surface area contributed by atoms with Crippen molar-refractivity contribution in [1.29, 1.82) is 0 Å². The Bertz CT molecular complexity index is 784. The summed E-state index contributed by atoms with van der Waals surface area (Å²) < 4.78 is 12.8. The molecule has 0 aliphatic heterocycles. The van der Waals surface area contributed by atoms with E-state index in [2.05, 4.69) is 5.32 Å². The van der Waals surface area contributed by atoms with Crippen LogP contribution in [0.1, 0.15) is 39.1 Å². The van der Waals surface area contributed by atoms with Gasteiger partial charge in [0.05, 0.1) is 5.56 Å². The average Bonchev–Trinajstić information content (AvgIpc) is 2.55. The highest BCUT2D eigenvalue weighted by molar-refractivity contribution is 6.00. The van der Waals surface area contributed by atoms with E-state index >= 15 is 0 Å². The Kier molecular flexibility index (Phi) is 5.42. The van der Waals surface area contributed by atoms with Gasteiger partial charge in [0, 0.05) is 24.1 Å². The summed E-state index contributed by atoms with van der Waals surface area (Å²) in [5.41, 5.74) is 1.53.